The van der Waals surface area contributed by atoms with Gasteiger partial charge in [0.15, 0.2) is 0 Å². The first kappa shape index (κ1) is 9.57. The van der Waals surface area contributed by atoms with E-state index < -0.39 is 0 Å². The summed E-state index contributed by atoms with van der Waals surface area (Å²) in [5, 5.41) is 6.11. The summed E-state index contributed by atoms with van der Waals surface area (Å²) < 4.78 is 0. The van der Waals surface area contributed by atoms with E-state index in [4.69, 9.17) is 0 Å². The van der Waals surface area contributed by atoms with E-state index in [1.54, 1.807) is 6.20 Å². The van der Waals surface area contributed by atoms with E-state index in [2.05, 4.69) is 20.6 Å². The first-order valence-corrected chi connectivity index (χ1v) is 5.71. The van der Waals surface area contributed by atoms with Gasteiger partial charge in [0.1, 0.15) is 11.5 Å². The van der Waals surface area contributed by atoms with Gasteiger partial charge < -0.3 is 10.6 Å². The number of carbonyl (C=O) groups is 1. The minimum atomic E-state index is -0.118. The third-order valence-electron chi connectivity index (χ3n) is 2.73. The van der Waals surface area contributed by atoms with Crippen molar-refractivity contribution in [1.82, 2.24) is 15.3 Å². The van der Waals surface area contributed by atoms with Crippen molar-refractivity contribution >= 4 is 11.7 Å². The molecule has 1 amide bonds. The summed E-state index contributed by atoms with van der Waals surface area (Å²) >= 11 is 0. The van der Waals surface area contributed by atoms with Gasteiger partial charge in [-0.1, -0.05) is 0 Å². The fourth-order valence-corrected chi connectivity index (χ4v) is 1.44. The van der Waals surface area contributed by atoms with Crippen LogP contribution in [0.25, 0.3) is 0 Å². The third kappa shape index (κ3) is 2.29. The quantitative estimate of drug-likeness (QED) is 0.789. The molecule has 2 saturated carbocycles. The zero-order chi connectivity index (χ0) is 11.0. The summed E-state index contributed by atoms with van der Waals surface area (Å²) in [4.78, 5) is 19.9. The minimum Gasteiger partial charge on any atom is -0.366 e. The van der Waals surface area contributed by atoms with Crippen molar-refractivity contribution in [1.29, 1.82) is 0 Å². The van der Waals surface area contributed by atoms with Crippen molar-refractivity contribution < 1.29 is 4.79 Å². The predicted octanol–water partition coefficient (Wildman–Crippen LogP) is 0.943. The molecule has 2 aliphatic rings. The Morgan fingerprint density at radius 1 is 1.12 bits per heavy atom. The van der Waals surface area contributed by atoms with E-state index in [0.29, 0.717) is 17.8 Å². The Hall–Kier alpha value is -1.65. The van der Waals surface area contributed by atoms with E-state index in [9.17, 15) is 4.79 Å². The van der Waals surface area contributed by atoms with E-state index in [0.717, 1.165) is 18.7 Å². The van der Waals surface area contributed by atoms with Gasteiger partial charge in [-0.2, -0.15) is 0 Å². The number of nitrogens with one attached hydrogen (secondary N) is 2. The predicted molar refractivity (Wildman–Crippen MR) is 59.2 cm³/mol. The second-order valence-corrected chi connectivity index (χ2v) is 4.45. The molecule has 3 rings (SSSR count). The molecule has 5 nitrogen and oxygen atoms in total. The molecule has 2 N–H and O–H groups in total. The van der Waals surface area contributed by atoms with Crippen molar-refractivity contribution in [2.24, 2.45) is 0 Å². The number of amides is 1. The second kappa shape index (κ2) is 3.73. The Bertz CT molecular complexity index is 395. The maximum Gasteiger partial charge on any atom is 0.271 e. The normalized spacial score (nSPS) is 19.2. The van der Waals surface area contributed by atoms with Crippen LogP contribution in [-0.4, -0.2) is 28.0 Å². The molecule has 0 unspecified atom stereocenters. The summed E-state index contributed by atoms with van der Waals surface area (Å²) in [6, 6.07) is 0.916. The molecular formula is C11H14N4O. The standard InChI is InChI=1S/C11H14N4O/c16-11(15-8-3-4-8)9-5-13-10(6-12-9)14-7-1-2-7/h5-8H,1-4H2,(H,13,14)(H,15,16). The lowest BCUT2D eigenvalue weighted by Crippen LogP contribution is -2.26. The van der Waals surface area contributed by atoms with Gasteiger partial charge in [-0.25, -0.2) is 9.97 Å². The highest BCUT2D eigenvalue weighted by atomic mass is 16.2. The number of hydrogen-bond donors (Lipinski definition) is 2. The average molecular weight is 218 g/mol. The summed E-state index contributed by atoms with van der Waals surface area (Å²) in [5.74, 6) is 0.637. The summed E-state index contributed by atoms with van der Waals surface area (Å²) in [6.45, 7) is 0. The number of anilines is 1. The Labute approximate surface area is 93.7 Å². The Balaban J connectivity index is 1.63. The molecule has 0 radical (unpaired) electrons. The highest BCUT2D eigenvalue weighted by Gasteiger charge is 2.25. The first-order valence-electron chi connectivity index (χ1n) is 5.71. The molecule has 0 atom stereocenters. The number of nitrogens with zero attached hydrogens (tertiary/aromatic N) is 2. The van der Waals surface area contributed by atoms with Crippen LogP contribution in [0.4, 0.5) is 5.82 Å². The van der Waals surface area contributed by atoms with E-state index in [1.165, 1.54) is 19.0 Å². The summed E-state index contributed by atoms with van der Waals surface area (Å²) in [5.41, 5.74) is 0.397. The van der Waals surface area contributed by atoms with Crippen molar-refractivity contribution in [2.75, 3.05) is 5.32 Å². The van der Waals surface area contributed by atoms with E-state index >= 15 is 0 Å². The minimum absolute atomic E-state index is 0.118. The summed E-state index contributed by atoms with van der Waals surface area (Å²) in [7, 11) is 0. The molecule has 0 aromatic carbocycles. The number of hydrogen-bond acceptors (Lipinski definition) is 4. The molecule has 1 heterocycles. The van der Waals surface area contributed by atoms with Crippen LogP contribution in [0.1, 0.15) is 36.2 Å². The highest BCUT2D eigenvalue weighted by Crippen LogP contribution is 2.23. The molecule has 5 heteroatoms. The fourth-order valence-electron chi connectivity index (χ4n) is 1.44. The maximum atomic E-state index is 11.6. The monoisotopic (exact) mass is 218 g/mol. The van der Waals surface area contributed by atoms with Gasteiger partial charge in [0.25, 0.3) is 5.91 Å². The van der Waals surface area contributed by atoms with Crippen molar-refractivity contribution in [3.63, 3.8) is 0 Å². The molecule has 2 aliphatic carbocycles. The second-order valence-electron chi connectivity index (χ2n) is 4.45. The van der Waals surface area contributed by atoms with Crippen LogP contribution in [0.15, 0.2) is 12.4 Å². The van der Waals surface area contributed by atoms with Crippen molar-refractivity contribution in [3.05, 3.63) is 18.1 Å². The average Bonchev–Trinajstić information content (AvgIpc) is 3.14. The Morgan fingerprint density at radius 2 is 1.88 bits per heavy atom. The summed E-state index contributed by atoms with van der Waals surface area (Å²) in [6.07, 6.45) is 7.72. The van der Waals surface area contributed by atoms with Crippen LogP contribution in [0.3, 0.4) is 0 Å². The lowest BCUT2D eigenvalue weighted by Gasteiger charge is -2.04. The van der Waals surface area contributed by atoms with Gasteiger partial charge in [0.05, 0.1) is 12.4 Å². The van der Waals surface area contributed by atoms with E-state index in [-0.39, 0.29) is 5.91 Å². The zero-order valence-electron chi connectivity index (χ0n) is 8.94. The maximum absolute atomic E-state index is 11.6. The van der Waals surface area contributed by atoms with Crippen LogP contribution in [0.2, 0.25) is 0 Å². The molecular weight excluding hydrogens is 204 g/mol. The Morgan fingerprint density at radius 3 is 2.44 bits per heavy atom. The van der Waals surface area contributed by atoms with Crippen LogP contribution in [0, 0.1) is 0 Å². The topological polar surface area (TPSA) is 66.9 Å². The molecule has 1 aromatic rings. The van der Waals surface area contributed by atoms with Crippen molar-refractivity contribution in [2.45, 2.75) is 37.8 Å². The first-order chi connectivity index (χ1) is 7.81. The zero-order valence-corrected chi connectivity index (χ0v) is 8.94. The third-order valence-corrected chi connectivity index (χ3v) is 2.73. The van der Waals surface area contributed by atoms with Gasteiger partial charge in [-0.15, -0.1) is 0 Å². The lowest BCUT2D eigenvalue weighted by atomic mass is 10.4. The van der Waals surface area contributed by atoms with Crippen LogP contribution < -0.4 is 10.6 Å². The smallest absolute Gasteiger partial charge is 0.271 e. The molecule has 1 aromatic heterocycles. The van der Waals surface area contributed by atoms with Gasteiger partial charge >= 0.3 is 0 Å². The molecule has 84 valence electrons. The molecule has 16 heavy (non-hydrogen) atoms. The molecule has 2 fully saturated rings. The highest BCUT2D eigenvalue weighted by molar-refractivity contribution is 5.92. The van der Waals surface area contributed by atoms with Crippen LogP contribution in [-0.2, 0) is 0 Å². The molecule has 0 spiro atoms. The fraction of sp³-hybridized carbons (Fsp3) is 0.545. The lowest BCUT2D eigenvalue weighted by molar-refractivity contribution is 0.0945. The van der Waals surface area contributed by atoms with Gasteiger partial charge in [-0.3, -0.25) is 4.79 Å². The largest absolute Gasteiger partial charge is 0.366 e. The number of aromatic nitrogens is 2. The molecule has 0 aliphatic heterocycles. The van der Waals surface area contributed by atoms with Gasteiger partial charge in [0, 0.05) is 12.1 Å². The van der Waals surface area contributed by atoms with Gasteiger partial charge in [0.2, 0.25) is 0 Å². The molecule has 0 bridgehead atoms. The Kier molecular flexibility index (Phi) is 2.23. The SMILES string of the molecule is O=C(NC1CC1)c1cnc(NC2CC2)cn1. The van der Waals surface area contributed by atoms with Gasteiger partial charge in [-0.05, 0) is 25.7 Å². The van der Waals surface area contributed by atoms with Crippen LogP contribution in [0.5, 0.6) is 0 Å². The van der Waals surface area contributed by atoms with Crippen molar-refractivity contribution in [3.8, 4) is 0 Å². The number of carbonyl (C=O) groups excluding carboxylic acids is 1. The molecule has 0 saturated heterocycles. The number of rotatable bonds is 4. The van der Waals surface area contributed by atoms with Crippen LogP contribution >= 0.6 is 0 Å². The van der Waals surface area contributed by atoms with E-state index in [1.807, 2.05) is 0 Å².